The standard InChI is InChI=1S/C18H13ClF3N5O2/c19-14-10(3-1-4-11(14)18(20,21)22)17(29)26-7-8-27-13(9-26)24-25-16(27)15-12(28)5-2-6-23-15/h1-6,28H,7-9H2. The molecule has 2 aromatic heterocycles. The zero-order valence-corrected chi connectivity index (χ0v) is 15.4. The molecule has 1 aliphatic heterocycles. The number of aromatic nitrogens is 4. The molecule has 0 fully saturated rings. The van der Waals surface area contributed by atoms with Gasteiger partial charge in [-0.15, -0.1) is 10.2 Å². The van der Waals surface area contributed by atoms with E-state index in [1.807, 2.05) is 0 Å². The number of aromatic hydroxyl groups is 1. The van der Waals surface area contributed by atoms with Crippen molar-refractivity contribution in [2.75, 3.05) is 6.54 Å². The van der Waals surface area contributed by atoms with E-state index < -0.39 is 22.7 Å². The van der Waals surface area contributed by atoms with Crippen LogP contribution < -0.4 is 0 Å². The van der Waals surface area contributed by atoms with Crippen molar-refractivity contribution in [2.24, 2.45) is 0 Å². The molecule has 29 heavy (non-hydrogen) atoms. The van der Waals surface area contributed by atoms with Crippen LogP contribution in [0.3, 0.4) is 0 Å². The van der Waals surface area contributed by atoms with Crippen LogP contribution in [0, 0.1) is 0 Å². The molecule has 1 N–H and O–H groups in total. The summed E-state index contributed by atoms with van der Waals surface area (Å²) in [5.74, 6) is 0.0876. The van der Waals surface area contributed by atoms with E-state index in [0.717, 1.165) is 12.1 Å². The van der Waals surface area contributed by atoms with E-state index in [1.54, 1.807) is 10.6 Å². The number of fused-ring (bicyclic) bond motifs is 1. The number of carbonyl (C=O) groups excluding carboxylic acids is 1. The van der Waals surface area contributed by atoms with E-state index in [0.29, 0.717) is 11.6 Å². The first-order chi connectivity index (χ1) is 13.8. The summed E-state index contributed by atoms with van der Waals surface area (Å²) in [6.45, 7) is 0.527. The van der Waals surface area contributed by atoms with Gasteiger partial charge in [0.25, 0.3) is 5.91 Å². The molecule has 0 spiro atoms. The number of hydrogen-bond acceptors (Lipinski definition) is 5. The maximum atomic E-state index is 13.1. The third-order valence-electron chi connectivity index (χ3n) is 4.57. The molecule has 11 heteroatoms. The quantitative estimate of drug-likeness (QED) is 0.683. The maximum absolute atomic E-state index is 13.1. The molecule has 3 aromatic rings. The number of amides is 1. The van der Waals surface area contributed by atoms with Crippen molar-refractivity contribution in [1.82, 2.24) is 24.6 Å². The van der Waals surface area contributed by atoms with Gasteiger partial charge in [-0.25, -0.2) is 4.98 Å². The Bertz CT molecular complexity index is 1100. The second kappa shape index (κ2) is 7.03. The van der Waals surface area contributed by atoms with Crippen LogP contribution >= 0.6 is 11.6 Å². The highest BCUT2D eigenvalue weighted by Gasteiger charge is 2.36. The average molecular weight is 424 g/mol. The Morgan fingerprint density at radius 3 is 2.66 bits per heavy atom. The minimum absolute atomic E-state index is 0.0337. The van der Waals surface area contributed by atoms with Crippen LogP contribution in [0.4, 0.5) is 13.2 Å². The Balaban J connectivity index is 1.62. The lowest BCUT2D eigenvalue weighted by atomic mass is 10.1. The minimum Gasteiger partial charge on any atom is -0.506 e. The Hall–Kier alpha value is -3.14. The molecule has 7 nitrogen and oxygen atoms in total. The van der Waals surface area contributed by atoms with Crippen LogP contribution in [0.15, 0.2) is 36.5 Å². The molecule has 1 aliphatic rings. The monoisotopic (exact) mass is 423 g/mol. The summed E-state index contributed by atoms with van der Waals surface area (Å²) >= 11 is 5.87. The molecule has 4 rings (SSSR count). The SMILES string of the molecule is O=C(c1cccc(C(F)(F)F)c1Cl)N1CCn2c(nnc2-c2ncccc2O)C1. The summed E-state index contributed by atoms with van der Waals surface area (Å²) in [6, 6.07) is 6.29. The van der Waals surface area contributed by atoms with Crippen molar-refractivity contribution < 1.29 is 23.1 Å². The molecule has 0 radical (unpaired) electrons. The molecule has 0 atom stereocenters. The van der Waals surface area contributed by atoms with Gasteiger partial charge in [-0.2, -0.15) is 13.2 Å². The summed E-state index contributed by atoms with van der Waals surface area (Å²) in [7, 11) is 0. The molecule has 0 saturated heterocycles. The third-order valence-corrected chi connectivity index (χ3v) is 4.98. The fourth-order valence-corrected chi connectivity index (χ4v) is 3.48. The molecule has 3 heterocycles. The lowest BCUT2D eigenvalue weighted by Crippen LogP contribution is -2.38. The van der Waals surface area contributed by atoms with Crippen molar-refractivity contribution >= 4 is 17.5 Å². The van der Waals surface area contributed by atoms with Gasteiger partial charge < -0.3 is 14.6 Å². The van der Waals surface area contributed by atoms with Crippen molar-refractivity contribution in [3.63, 3.8) is 0 Å². The van der Waals surface area contributed by atoms with E-state index >= 15 is 0 Å². The van der Waals surface area contributed by atoms with Gasteiger partial charge in [-0.3, -0.25) is 4.79 Å². The van der Waals surface area contributed by atoms with E-state index in [2.05, 4.69) is 15.2 Å². The first kappa shape index (κ1) is 19.2. The number of benzene rings is 1. The molecular weight excluding hydrogens is 411 g/mol. The largest absolute Gasteiger partial charge is 0.506 e. The van der Waals surface area contributed by atoms with Crippen LogP contribution in [0.2, 0.25) is 5.02 Å². The van der Waals surface area contributed by atoms with Crippen LogP contribution in [0.25, 0.3) is 11.5 Å². The summed E-state index contributed by atoms with van der Waals surface area (Å²) in [5.41, 5.74) is -1.03. The summed E-state index contributed by atoms with van der Waals surface area (Å²) in [4.78, 5) is 18.3. The Morgan fingerprint density at radius 2 is 1.93 bits per heavy atom. The Morgan fingerprint density at radius 1 is 1.14 bits per heavy atom. The highest BCUT2D eigenvalue weighted by atomic mass is 35.5. The molecule has 0 aliphatic carbocycles. The van der Waals surface area contributed by atoms with Gasteiger partial charge in [-0.05, 0) is 24.3 Å². The van der Waals surface area contributed by atoms with Gasteiger partial charge in [0.15, 0.2) is 11.6 Å². The zero-order chi connectivity index (χ0) is 20.8. The number of halogens is 4. The molecule has 0 bridgehead atoms. The second-order valence-electron chi connectivity index (χ2n) is 6.35. The summed E-state index contributed by atoms with van der Waals surface area (Å²) < 4.78 is 40.9. The third kappa shape index (κ3) is 3.39. The van der Waals surface area contributed by atoms with E-state index in [4.69, 9.17) is 11.6 Å². The molecular formula is C18H13ClF3N5O2. The molecule has 1 aromatic carbocycles. The van der Waals surface area contributed by atoms with Crippen LogP contribution in [0.1, 0.15) is 21.7 Å². The molecule has 150 valence electrons. The van der Waals surface area contributed by atoms with Crippen LogP contribution in [-0.2, 0) is 19.3 Å². The second-order valence-corrected chi connectivity index (χ2v) is 6.73. The van der Waals surface area contributed by atoms with Crippen LogP contribution in [0.5, 0.6) is 5.75 Å². The maximum Gasteiger partial charge on any atom is 0.417 e. The normalized spacial score (nSPS) is 14.0. The smallest absolute Gasteiger partial charge is 0.417 e. The lowest BCUT2D eigenvalue weighted by Gasteiger charge is -2.28. The molecule has 0 saturated carbocycles. The average Bonchev–Trinajstić information content (AvgIpc) is 3.10. The lowest BCUT2D eigenvalue weighted by molar-refractivity contribution is -0.137. The number of hydrogen-bond donors (Lipinski definition) is 1. The topological polar surface area (TPSA) is 84.1 Å². The first-order valence-corrected chi connectivity index (χ1v) is 8.86. The van der Waals surface area contributed by atoms with Gasteiger partial charge in [-0.1, -0.05) is 17.7 Å². The van der Waals surface area contributed by atoms with E-state index in [1.165, 1.54) is 23.2 Å². The van der Waals surface area contributed by atoms with Crippen molar-refractivity contribution in [2.45, 2.75) is 19.3 Å². The van der Waals surface area contributed by atoms with Crippen LogP contribution in [-0.4, -0.2) is 42.2 Å². The predicted molar refractivity (Wildman–Crippen MR) is 96.1 cm³/mol. The highest BCUT2D eigenvalue weighted by molar-refractivity contribution is 6.34. The fourth-order valence-electron chi connectivity index (χ4n) is 3.16. The van der Waals surface area contributed by atoms with Gasteiger partial charge in [0.1, 0.15) is 11.4 Å². The van der Waals surface area contributed by atoms with E-state index in [9.17, 15) is 23.1 Å². The molecule has 1 amide bonds. The van der Waals surface area contributed by atoms with Gasteiger partial charge in [0, 0.05) is 19.3 Å². The van der Waals surface area contributed by atoms with Gasteiger partial charge in [0.2, 0.25) is 0 Å². The van der Waals surface area contributed by atoms with E-state index in [-0.39, 0.29) is 36.6 Å². The highest BCUT2D eigenvalue weighted by Crippen LogP contribution is 2.37. The number of carbonyl (C=O) groups is 1. The van der Waals surface area contributed by atoms with Gasteiger partial charge >= 0.3 is 6.18 Å². The van der Waals surface area contributed by atoms with Crippen molar-refractivity contribution in [3.05, 3.63) is 58.5 Å². The minimum atomic E-state index is -4.66. The Labute approximate surface area is 167 Å². The zero-order valence-electron chi connectivity index (χ0n) is 14.7. The van der Waals surface area contributed by atoms with Crippen molar-refractivity contribution in [3.8, 4) is 17.3 Å². The fraction of sp³-hybridized carbons (Fsp3) is 0.222. The van der Waals surface area contributed by atoms with Crippen molar-refractivity contribution in [1.29, 1.82) is 0 Å². The Kier molecular flexibility index (Phi) is 4.65. The summed E-state index contributed by atoms with van der Waals surface area (Å²) in [6.07, 6.45) is -3.15. The summed E-state index contributed by atoms with van der Waals surface area (Å²) in [5, 5.41) is 17.4. The number of pyridine rings is 1. The first-order valence-electron chi connectivity index (χ1n) is 8.49. The number of nitrogens with zero attached hydrogens (tertiary/aromatic N) is 5. The number of rotatable bonds is 2. The number of alkyl halides is 3. The molecule has 0 unspecified atom stereocenters. The van der Waals surface area contributed by atoms with Gasteiger partial charge in [0.05, 0.1) is 22.7 Å². The predicted octanol–water partition coefficient (Wildman–Crippen LogP) is 3.37.